The van der Waals surface area contributed by atoms with Gasteiger partial charge in [-0.3, -0.25) is 20.4 Å². The minimum Gasteiger partial charge on any atom is -0.497 e. The molecule has 0 aliphatic heterocycles. The number of ether oxygens (including phenoxy) is 2. The number of aryl methyl sites for hydroxylation is 1. The van der Waals surface area contributed by atoms with E-state index in [1.165, 1.54) is 7.11 Å². The van der Waals surface area contributed by atoms with Crippen LogP contribution in [0.1, 0.15) is 15.9 Å². The van der Waals surface area contributed by atoms with Gasteiger partial charge in [0.25, 0.3) is 11.8 Å². The number of carbonyl (C=O) groups excluding carboxylic acids is 2. The number of nitrogens with one attached hydrogen (secondary N) is 2. The first-order valence-electron chi connectivity index (χ1n) is 7.12. The van der Waals surface area contributed by atoms with Gasteiger partial charge in [0.1, 0.15) is 11.5 Å². The van der Waals surface area contributed by atoms with Crippen molar-refractivity contribution >= 4 is 23.4 Å². The van der Waals surface area contributed by atoms with E-state index in [1.807, 2.05) is 6.92 Å². The number of carbonyl (C=O) groups is 2. The van der Waals surface area contributed by atoms with E-state index in [2.05, 4.69) is 10.9 Å². The smallest absolute Gasteiger partial charge is 0.276 e. The van der Waals surface area contributed by atoms with Crippen LogP contribution in [0.15, 0.2) is 42.5 Å². The van der Waals surface area contributed by atoms with E-state index in [4.69, 9.17) is 21.1 Å². The van der Waals surface area contributed by atoms with Gasteiger partial charge in [-0.05, 0) is 55.0 Å². The van der Waals surface area contributed by atoms with E-state index in [9.17, 15) is 9.59 Å². The van der Waals surface area contributed by atoms with Crippen LogP contribution in [0.2, 0.25) is 5.02 Å². The lowest BCUT2D eigenvalue weighted by atomic mass is 10.2. The molecule has 24 heavy (non-hydrogen) atoms. The van der Waals surface area contributed by atoms with Crippen molar-refractivity contribution < 1.29 is 19.1 Å². The number of halogens is 1. The fourth-order valence-corrected chi connectivity index (χ4v) is 1.95. The SMILES string of the molecule is COc1ccc(C(=O)NNC(=O)COc2ccc(Cl)c(C)c2)cc1. The second kappa shape index (κ2) is 8.21. The molecule has 0 heterocycles. The lowest BCUT2D eigenvalue weighted by molar-refractivity contribution is -0.123. The molecule has 2 N–H and O–H groups in total. The second-order valence-corrected chi connectivity index (χ2v) is 5.34. The molecule has 126 valence electrons. The normalized spacial score (nSPS) is 9.96. The average molecular weight is 349 g/mol. The van der Waals surface area contributed by atoms with Crippen LogP contribution in [0.25, 0.3) is 0 Å². The molecule has 0 aromatic heterocycles. The van der Waals surface area contributed by atoms with Gasteiger partial charge in [-0.1, -0.05) is 11.6 Å². The minimum absolute atomic E-state index is 0.232. The molecule has 2 rings (SSSR count). The highest BCUT2D eigenvalue weighted by molar-refractivity contribution is 6.31. The predicted molar refractivity (Wildman–Crippen MR) is 90.3 cm³/mol. The van der Waals surface area contributed by atoms with Crippen LogP contribution in [0.4, 0.5) is 0 Å². The molecular weight excluding hydrogens is 332 g/mol. The van der Waals surface area contributed by atoms with Crippen molar-refractivity contribution in [3.63, 3.8) is 0 Å². The first-order chi connectivity index (χ1) is 11.5. The Morgan fingerprint density at radius 2 is 1.71 bits per heavy atom. The summed E-state index contributed by atoms with van der Waals surface area (Å²) in [6.45, 7) is 1.61. The molecule has 0 radical (unpaired) electrons. The van der Waals surface area contributed by atoms with Gasteiger partial charge in [-0.2, -0.15) is 0 Å². The van der Waals surface area contributed by atoms with Crippen LogP contribution in [0.5, 0.6) is 11.5 Å². The summed E-state index contributed by atoms with van der Waals surface area (Å²) in [5.74, 6) is 0.244. The molecule has 2 aromatic carbocycles. The van der Waals surface area contributed by atoms with Crippen LogP contribution < -0.4 is 20.3 Å². The molecule has 0 aliphatic rings. The highest BCUT2D eigenvalue weighted by Crippen LogP contribution is 2.20. The molecule has 0 spiro atoms. The van der Waals surface area contributed by atoms with Crippen molar-refractivity contribution in [1.29, 1.82) is 0 Å². The number of benzene rings is 2. The Morgan fingerprint density at radius 1 is 1.04 bits per heavy atom. The first kappa shape index (κ1) is 17.6. The molecule has 0 fully saturated rings. The summed E-state index contributed by atoms with van der Waals surface area (Å²) in [4.78, 5) is 23.6. The zero-order valence-electron chi connectivity index (χ0n) is 13.3. The molecular formula is C17H17ClN2O4. The Hall–Kier alpha value is -2.73. The van der Waals surface area contributed by atoms with Crippen LogP contribution in [0.3, 0.4) is 0 Å². The van der Waals surface area contributed by atoms with Gasteiger partial charge in [0.2, 0.25) is 0 Å². The number of hydrogen-bond donors (Lipinski definition) is 2. The number of hydrazine groups is 1. The van der Waals surface area contributed by atoms with Gasteiger partial charge in [0.05, 0.1) is 7.11 Å². The zero-order chi connectivity index (χ0) is 17.5. The average Bonchev–Trinajstić information content (AvgIpc) is 2.60. The van der Waals surface area contributed by atoms with Crippen LogP contribution in [-0.4, -0.2) is 25.5 Å². The highest BCUT2D eigenvalue weighted by Gasteiger charge is 2.08. The molecule has 0 saturated carbocycles. The monoisotopic (exact) mass is 348 g/mol. The van der Waals surface area contributed by atoms with Crippen molar-refractivity contribution in [3.05, 3.63) is 58.6 Å². The highest BCUT2D eigenvalue weighted by atomic mass is 35.5. The van der Waals surface area contributed by atoms with Crippen LogP contribution in [-0.2, 0) is 4.79 Å². The molecule has 0 saturated heterocycles. The second-order valence-electron chi connectivity index (χ2n) is 4.93. The summed E-state index contributed by atoms with van der Waals surface area (Å²) in [6.07, 6.45) is 0. The van der Waals surface area contributed by atoms with Crippen molar-refractivity contribution in [2.75, 3.05) is 13.7 Å². The molecule has 0 unspecified atom stereocenters. The third-order valence-corrected chi connectivity index (χ3v) is 3.59. The summed E-state index contributed by atoms with van der Waals surface area (Å²) in [6, 6.07) is 11.6. The van der Waals surface area contributed by atoms with E-state index < -0.39 is 11.8 Å². The fourth-order valence-electron chi connectivity index (χ4n) is 1.83. The topological polar surface area (TPSA) is 76.7 Å². The van der Waals surface area contributed by atoms with Gasteiger partial charge in [-0.15, -0.1) is 0 Å². The van der Waals surface area contributed by atoms with Gasteiger partial charge in [-0.25, -0.2) is 0 Å². The maximum Gasteiger partial charge on any atom is 0.276 e. The molecule has 0 bridgehead atoms. The first-order valence-corrected chi connectivity index (χ1v) is 7.49. The third kappa shape index (κ3) is 4.89. The Labute approximate surface area is 144 Å². The minimum atomic E-state index is -0.482. The summed E-state index contributed by atoms with van der Waals surface area (Å²) in [5.41, 5.74) is 5.84. The largest absolute Gasteiger partial charge is 0.497 e. The predicted octanol–water partition coefficient (Wildman–Crippen LogP) is 2.50. The molecule has 6 nitrogen and oxygen atoms in total. The molecule has 2 aromatic rings. The molecule has 7 heteroatoms. The summed E-state index contributed by atoms with van der Waals surface area (Å²) in [5, 5.41) is 0.624. The Bertz CT molecular complexity index is 732. The van der Waals surface area contributed by atoms with E-state index in [1.54, 1.807) is 42.5 Å². The third-order valence-electron chi connectivity index (χ3n) is 3.17. The molecule has 2 amide bonds. The molecule has 0 atom stereocenters. The zero-order valence-corrected chi connectivity index (χ0v) is 14.0. The Kier molecular flexibility index (Phi) is 6.03. The van der Waals surface area contributed by atoms with Crippen molar-refractivity contribution in [1.82, 2.24) is 10.9 Å². The standard InChI is InChI=1S/C17H17ClN2O4/c1-11-9-14(7-8-15(11)18)24-10-16(21)19-20-17(22)12-3-5-13(23-2)6-4-12/h3-9H,10H2,1-2H3,(H,19,21)(H,20,22). The van der Waals surface area contributed by atoms with E-state index in [0.29, 0.717) is 22.1 Å². The van der Waals surface area contributed by atoms with Gasteiger partial charge in [0.15, 0.2) is 6.61 Å². The summed E-state index contributed by atoms with van der Waals surface area (Å²) in [7, 11) is 1.54. The van der Waals surface area contributed by atoms with E-state index in [-0.39, 0.29) is 6.61 Å². The lowest BCUT2D eigenvalue weighted by Gasteiger charge is -2.10. The summed E-state index contributed by atoms with van der Waals surface area (Å²) >= 11 is 5.91. The van der Waals surface area contributed by atoms with Gasteiger partial charge < -0.3 is 9.47 Å². The number of hydrogen-bond acceptors (Lipinski definition) is 4. The van der Waals surface area contributed by atoms with Crippen molar-refractivity contribution in [2.45, 2.75) is 6.92 Å². The van der Waals surface area contributed by atoms with Gasteiger partial charge in [0, 0.05) is 10.6 Å². The number of methoxy groups -OCH3 is 1. The van der Waals surface area contributed by atoms with Crippen molar-refractivity contribution in [2.24, 2.45) is 0 Å². The lowest BCUT2D eigenvalue weighted by Crippen LogP contribution is -2.43. The van der Waals surface area contributed by atoms with Crippen molar-refractivity contribution in [3.8, 4) is 11.5 Å². The van der Waals surface area contributed by atoms with Crippen LogP contribution in [0, 0.1) is 6.92 Å². The Morgan fingerprint density at radius 3 is 2.33 bits per heavy atom. The maximum absolute atomic E-state index is 11.9. The summed E-state index contributed by atoms with van der Waals surface area (Å²) < 4.78 is 10.3. The quantitative estimate of drug-likeness (QED) is 0.814. The van der Waals surface area contributed by atoms with Crippen LogP contribution >= 0.6 is 11.6 Å². The van der Waals surface area contributed by atoms with E-state index in [0.717, 1.165) is 5.56 Å². The molecule has 0 aliphatic carbocycles. The number of amides is 2. The fraction of sp³-hybridized carbons (Fsp3) is 0.176. The Balaban J connectivity index is 1.79. The van der Waals surface area contributed by atoms with E-state index >= 15 is 0 Å². The number of rotatable bonds is 5. The van der Waals surface area contributed by atoms with Gasteiger partial charge >= 0.3 is 0 Å². The maximum atomic E-state index is 11.9.